The number of hydrazine groups is 1. The number of carbonyl (C=O) groups excluding carboxylic acids is 1. The molecule has 3 aromatic rings. The summed E-state index contributed by atoms with van der Waals surface area (Å²) >= 11 is 0. The lowest BCUT2D eigenvalue weighted by Crippen LogP contribution is -2.21. The average molecular weight is 407 g/mol. The Balaban J connectivity index is 1.53. The summed E-state index contributed by atoms with van der Waals surface area (Å²) in [5.41, 5.74) is 8.86. The van der Waals surface area contributed by atoms with Gasteiger partial charge in [-0.3, -0.25) is 4.79 Å². The van der Waals surface area contributed by atoms with Gasteiger partial charge in [0.05, 0.1) is 19.9 Å². The van der Waals surface area contributed by atoms with E-state index in [1.807, 2.05) is 54.6 Å². The number of anilines is 2. The fourth-order valence-corrected chi connectivity index (χ4v) is 2.79. The van der Waals surface area contributed by atoms with Gasteiger partial charge < -0.3 is 25.0 Å². The fraction of sp³-hybridized carbons (Fsp3) is 0.174. The second kappa shape index (κ2) is 10.7. The fourth-order valence-electron chi connectivity index (χ4n) is 2.79. The predicted octanol–water partition coefficient (Wildman–Crippen LogP) is 3.84. The van der Waals surface area contributed by atoms with Gasteiger partial charge in [-0.15, -0.1) is 0 Å². The zero-order valence-electron chi connectivity index (χ0n) is 17.0. The van der Waals surface area contributed by atoms with Gasteiger partial charge in [-0.25, -0.2) is 5.43 Å². The molecule has 0 aliphatic carbocycles. The maximum absolute atomic E-state index is 12.2. The number of ether oxygens (including phenoxy) is 3. The summed E-state index contributed by atoms with van der Waals surface area (Å²) in [6, 6.07) is 22.6. The van der Waals surface area contributed by atoms with E-state index in [1.165, 1.54) is 0 Å². The van der Waals surface area contributed by atoms with Crippen molar-refractivity contribution in [3.63, 3.8) is 0 Å². The van der Waals surface area contributed by atoms with E-state index < -0.39 is 0 Å². The Morgan fingerprint density at radius 3 is 2.33 bits per heavy atom. The molecule has 0 fully saturated rings. The molecule has 0 saturated carbocycles. The highest BCUT2D eigenvalue weighted by molar-refractivity contribution is 5.93. The minimum atomic E-state index is -0.292. The van der Waals surface area contributed by atoms with Crippen LogP contribution in [0.15, 0.2) is 72.8 Å². The van der Waals surface area contributed by atoms with Crippen LogP contribution in [0.25, 0.3) is 0 Å². The first-order valence-electron chi connectivity index (χ1n) is 9.46. The molecule has 0 unspecified atom stereocenters. The summed E-state index contributed by atoms with van der Waals surface area (Å²) in [7, 11) is 3.12. The SMILES string of the molecule is COc1ccccc1NC(=O)COc1ccc(CNNc2ccccc2)cc1OC. The monoisotopic (exact) mass is 407 g/mol. The molecule has 30 heavy (non-hydrogen) atoms. The number of para-hydroxylation sites is 3. The van der Waals surface area contributed by atoms with Gasteiger partial charge in [0.2, 0.25) is 0 Å². The second-order valence-corrected chi connectivity index (χ2v) is 6.37. The largest absolute Gasteiger partial charge is 0.495 e. The van der Waals surface area contributed by atoms with Gasteiger partial charge in [0.15, 0.2) is 18.1 Å². The van der Waals surface area contributed by atoms with E-state index in [0.717, 1.165) is 11.3 Å². The van der Waals surface area contributed by atoms with Crippen LogP contribution < -0.4 is 30.4 Å². The first-order chi connectivity index (χ1) is 14.7. The normalized spacial score (nSPS) is 10.2. The molecule has 7 nitrogen and oxygen atoms in total. The number of amides is 1. The van der Waals surface area contributed by atoms with E-state index in [0.29, 0.717) is 29.5 Å². The van der Waals surface area contributed by atoms with Crippen molar-refractivity contribution >= 4 is 17.3 Å². The van der Waals surface area contributed by atoms with Gasteiger partial charge in [-0.05, 0) is 42.0 Å². The van der Waals surface area contributed by atoms with Crippen LogP contribution in [0.1, 0.15) is 5.56 Å². The average Bonchev–Trinajstić information content (AvgIpc) is 2.79. The molecule has 0 aromatic heterocycles. The number of methoxy groups -OCH3 is 2. The summed E-state index contributed by atoms with van der Waals surface area (Å²) in [4.78, 5) is 12.2. The first kappa shape index (κ1) is 21.0. The molecular weight excluding hydrogens is 382 g/mol. The first-order valence-corrected chi connectivity index (χ1v) is 9.46. The Kier molecular flexibility index (Phi) is 7.51. The highest BCUT2D eigenvalue weighted by atomic mass is 16.5. The Morgan fingerprint density at radius 1 is 0.833 bits per heavy atom. The Labute approximate surface area is 175 Å². The van der Waals surface area contributed by atoms with Crippen LogP contribution in [0.3, 0.4) is 0 Å². The lowest BCUT2D eigenvalue weighted by molar-refractivity contribution is -0.118. The predicted molar refractivity (Wildman–Crippen MR) is 117 cm³/mol. The van der Waals surface area contributed by atoms with Crippen molar-refractivity contribution in [3.05, 3.63) is 78.4 Å². The van der Waals surface area contributed by atoms with Crippen LogP contribution in [-0.2, 0) is 11.3 Å². The smallest absolute Gasteiger partial charge is 0.262 e. The lowest BCUT2D eigenvalue weighted by atomic mass is 10.2. The number of nitrogens with one attached hydrogen (secondary N) is 3. The van der Waals surface area contributed by atoms with E-state index in [-0.39, 0.29) is 12.5 Å². The molecule has 3 N–H and O–H groups in total. The van der Waals surface area contributed by atoms with Crippen molar-refractivity contribution in [1.29, 1.82) is 0 Å². The minimum absolute atomic E-state index is 0.151. The highest BCUT2D eigenvalue weighted by Gasteiger charge is 2.11. The molecule has 0 aliphatic heterocycles. The van der Waals surface area contributed by atoms with Crippen molar-refractivity contribution in [3.8, 4) is 17.2 Å². The van der Waals surface area contributed by atoms with E-state index in [2.05, 4.69) is 16.2 Å². The van der Waals surface area contributed by atoms with Gasteiger partial charge in [0, 0.05) is 12.2 Å². The molecule has 0 heterocycles. The van der Waals surface area contributed by atoms with E-state index in [9.17, 15) is 4.79 Å². The summed E-state index contributed by atoms with van der Waals surface area (Å²) < 4.78 is 16.3. The van der Waals surface area contributed by atoms with Crippen molar-refractivity contribution < 1.29 is 19.0 Å². The summed E-state index contributed by atoms with van der Waals surface area (Å²) in [6.45, 7) is 0.432. The standard InChI is InChI=1S/C23H25N3O4/c1-28-20-11-7-6-10-19(20)25-23(27)16-30-21-13-12-17(14-22(21)29-2)15-24-26-18-8-4-3-5-9-18/h3-14,24,26H,15-16H2,1-2H3,(H,25,27). The van der Waals surface area contributed by atoms with Crippen LogP contribution in [0, 0.1) is 0 Å². The molecule has 0 saturated heterocycles. The molecule has 156 valence electrons. The molecule has 0 atom stereocenters. The van der Waals surface area contributed by atoms with E-state index >= 15 is 0 Å². The Hall–Kier alpha value is -3.71. The third-order valence-corrected chi connectivity index (χ3v) is 4.27. The van der Waals surface area contributed by atoms with Gasteiger partial charge in [0.25, 0.3) is 5.91 Å². The summed E-state index contributed by atoms with van der Waals surface area (Å²) in [5.74, 6) is 1.34. The van der Waals surface area contributed by atoms with E-state index in [1.54, 1.807) is 32.4 Å². The molecular formula is C23H25N3O4. The van der Waals surface area contributed by atoms with Crippen molar-refractivity contribution in [1.82, 2.24) is 5.43 Å². The van der Waals surface area contributed by atoms with Gasteiger partial charge in [-0.1, -0.05) is 36.4 Å². The molecule has 0 bridgehead atoms. The van der Waals surface area contributed by atoms with Crippen LogP contribution in [0.2, 0.25) is 0 Å². The second-order valence-electron chi connectivity index (χ2n) is 6.37. The highest BCUT2D eigenvalue weighted by Crippen LogP contribution is 2.28. The number of benzene rings is 3. The zero-order chi connectivity index (χ0) is 21.2. The van der Waals surface area contributed by atoms with Crippen molar-refractivity contribution in [2.24, 2.45) is 0 Å². The third kappa shape index (κ3) is 5.89. The lowest BCUT2D eigenvalue weighted by Gasteiger charge is -2.14. The number of rotatable bonds is 10. The van der Waals surface area contributed by atoms with E-state index in [4.69, 9.17) is 14.2 Å². The molecule has 1 amide bonds. The topological polar surface area (TPSA) is 80.9 Å². The van der Waals surface area contributed by atoms with Crippen LogP contribution >= 0.6 is 0 Å². The molecule has 3 rings (SSSR count). The molecule has 3 aromatic carbocycles. The number of hydrogen-bond acceptors (Lipinski definition) is 6. The van der Waals surface area contributed by atoms with Crippen molar-refractivity contribution in [2.45, 2.75) is 6.54 Å². The molecule has 7 heteroatoms. The van der Waals surface area contributed by atoms with Crippen LogP contribution in [0.4, 0.5) is 11.4 Å². The molecule has 0 spiro atoms. The summed E-state index contributed by atoms with van der Waals surface area (Å²) in [5, 5.41) is 2.78. The van der Waals surface area contributed by atoms with Gasteiger partial charge in [-0.2, -0.15) is 0 Å². The number of carbonyl (C=O) groups is 1. The third-order valence-electron chi connectivity index (χ3n) is 4.27. The maximum Gasteiger partial charge on any atom is 0.262 e. The molecule has 0 aliphatic rings. The van der Waals surface area contributed by atoms with Gasteiger partial charge >= 0.3 is 0 Å². The van der Waals surface area contributed by atoms with Crippen LogP contribution in [0.5, 0.6) is 17.2 Å². The number of hydrogen-bond donors (Lipinski definition) is 3. The molecule has 0 radical (unpaired) electrons. The van der Waals surface area contributed by atoms with Crippen LogP contribution in [-0.4, -0.2) is 26.7 Å². The summed E-state index contributed by atoms with van der Waals surface area (Å²) in [6.07, 6.45) is 0. The zero-order valence-corrected chi connectivity index (χ0v) is 17.0. The van der Waals surface area contributed by atoms with Gasteiger partial charge in [0.1, 0.15) is 5.75 Å². The quantitative estimate of drug-likeness (QED) is 0.443. The Bertz CT molecular complexity index is 964. The minimum Gasteiger partial charge on any atom is -0.495 e. The van der Waals surface area contributed by atoms with Crippen molar-refractivity contribution in [2.75, 3.05) is 31.6 Å². The Morgan fingerprint density at radius 2 is 1.57 bits per heavy atom. The maximum atomic E-state index is 12.2.